The summed E-state index contributed by atoms with van der Waals surface area (Å²) >= 11 is 0. The molecule has 0 bridgehead atoms. The number of rotatable bonds is 5. The Morgan fingerprint density at radius 3 is 2.61 bits per heavy atom. The summed E-state index contributed by atoms with van der Waals surface area (Å²) in [5.41, 5.74) is 1.27. The standard InChI is InChI=1S/C13H18N4O/c1-15-8-3-9-17(2)13(18)16-12-6-4-11(10-14)5-7-12/h4-7,15H,3,8-9H2,1-2H3,(H,16,18). The zero-order valence-corrected chi connectivity index (χ0v) is 10.7. The van der Waals surface area contributed by atoms with E-state index in [1.807, 2.05) is 13.1 Å². The maximum Gasteiger partial charge on any atom is 0.321 e. The lowest BCUT2D eigenvalue weighted by atomic mass is 10.2. The summed E-state index contributed by atoms with van der Waals surface area (Å²) in [4.78, 5) is 13.4. The number of hydrogen-bond donors (Lipinski definition) is 2. The number of nitrogens with zero attached hydrogens (tertiary/aromatic N) is 2. The van der Waals surface area contributed by atoms with Gasteiger partial charge in [0.1, 0.15) is 0 Å². The third-order valence-corrected chi connectivity index (χ3v) is 2.53. The number of nitriles is 1. The van der Waals surface area contributed by atoms with Crippen molar-refractivity contribution < 1.29 is 4.79 Å². The van der Waals surface area contributed by atoms with Gasteiger partial charge in [0.2, 0.25) is 0 Å². The fourth-order valence-corrected chi connectivity index (χ4v) is 1.44. The molecule has 5 nitrogen and oxygen atoms in total. The van der Waals surface area contributed by atoms with Crippen molar-refractivity contribution in [1.82, 2.24) is 10.2 Å². The van der Waals surface area contributed by atoms with E-state index in [2.05, 4.69) is 10.6 Å². The van der Waals surface area contributed by atoms with Crippen LogP contribution in [-0.4, -0.2) is 38.1 Å². The Balaban J connectivity index is 2.45. The second kappa shape index (κ2) is 7.30. The summed E-state index contributed by atoms with van der Waals surface area (Å²) in [6.45, 7) is 1.58. The van der Waals surface area contributed by atoms with E-state index in [-0.39, 0.29) is 6.03 Å². The first kappa shape index (κ1) is 14.0. The van der Waals surface area contributed by atoms with Crippen molar-refractivity contribution in [2.45, 2.75) is 6.42 Å². The first-order valence-corrected chi connectivity index (χ1v) is 5.84. The molecule has 96 valence electrons. The molecule has 0 atom stereocenters. The van der Waals surface area contributed by atoms with Crippen molar-refractivity contribution in [2.24, 2.45) is 0 Å². The van der Waals surface area contributed by atoms with Crippen LogP contribution in [0.15, 0.2) is 24.3 Å². The van der Waals surface area contributed by atoms with Gasteiger partial charge in [-0.2, -0.15) is 5.26 Å². The van der Waals surface area contributed by atoms with Crippen LogP contribution in [0.1, 0.15) is 12.0 Å². The number of amides is 2. The van der Waals surface area contributed by atoms with Crippen LogP contribution in [0, 0.1) is 11.3 Å². The SMILES string of the molecule is CNCCCN(C)C(=O)Nc1ccc(C#N)cc1. The lowest BCUT2D eigenvalue weighted by Crippen LogP contribution is -2.33. The van der Waals surface area contributed by atoms with Crippen LogP contribution >= 0.6 is 0 Å². The number of carbonyl (C=O) groups is 1. The second-order valence-electron chi connectivity index (χ2n) is 4.00. The third-order valence-electron chi connectivity index (χ3n) is 2.53. The average molecular weight is 246 g/mol. The first-order chi connectivity index (χ1) is 8.67. The van der Waals surface area contributed by atoms with Gasteiger partial charge in [-0.3, -0.25) is 0 Å². The molecule has 0 aliphatic heterocycles. The van der Waals surface area contributed by atoms with Gasteiger partial charge in [0.05, 0.1) is 11.6 Å². The van der Waals surface area contributed by atoms with Gasteiger partial charge in [-0.15, -0.1) is 0 Å². The molecule has 0 aliphatic carbocycles. The minimum Gasteiger partial charge on any atom is -0.328 e. The Bertz CT molecular complexity index is 422. The van der Waals surface area contributed by atoms with Crippen molar-refractivity contribution in [3.05, 3.63) is 29.8 Å². The number of benzene rings is 1. The second-order valence-corrected chi connectivity index (χ2v) is 4.00. The molecule has 5 heteroatoms. The Hall–Kier alpha value is -2.06. The van der Waals surface area contributed by atoms with Crippen molar-refractivity contribution in [3.63, 3.8) is 0 Å². The molecular formula is C13H18N4O. The highest BCUT2D eigenvalue weighted by molar-refractivity contribution is 5.89. The number of anilines is 1. The normalized spacial score (nSPS) is 9.61. The minimum atomic E-state index is -0.143. The van der Waals surface area contributed by atoms with E-state index in [9.17, 15) is 4.79 Å². The number of nitrogens with one attached hydrogen (secondary N) is 2. The van der Waals surface area contributed by atoms with Crippen molar-refractivity contribution in [1.29, 1.82) is 5.26 Å². The fraction of sp³-hybridized carbons (Fsp3) is 0.385. The molecule has 0 heterocycles. The molecule has 0 saturated carbocycles. The number of carbonyl (C=O) groups excluding carboxylic acids is 1. The lowest BCUT2D eigenvalue weighted by Gasteiger charge is -2.17. The van der Waals surface area contributed by atoms with Gasteiger partial charge in [0.25, 0.3) is 0 Å². The van der Waals surface area contributed by atoms with Crippen LogP contribution < -0.4 is 10.6 Å². The molecule has 0 unspecified atom stereocenters. The highest BCUT2D eigenvalue weighted by Crippen LogP contribution is 2.09. The molecule has 0 spiro atoms. The van der Waals surface area contributed by atoms with Crippen LogP contribution in [0.2, 0.25) is 0 Å². The van der Waals surface area contributed by atoms with Crippen molar-refractivity contribution in [2.75, 3.05) is 32.5 Å². The first-order valence-electron chi connectivity index (χ1n) is 5.84. The Morgan fingerprint density at radius 2 is 2.06 bits per heavy atom. The Labute approximate surface area is 107 Å². The van der Waals surface area contributed by atoms with Gasteiger partial charge in [-0.1, -0.05) is 0 Å². The highest BCUT2D eigenvalue weighted by atomic mass is 16.2. The van der Waals surface area contributed by atoms with Crippen molar-refractivity contribution >= 4 is 11.7 Å². The molecule has 0 fully saturated rings. The predicted octanol–water partition coefficient (Wildman–Crippen LogP) is 1.63. The summed E-state index contributed by atoms with van der Waals surface area (Å²) < 4.78 is 0. The van der Waals surface area contributed by atoms with Gasteiger partial charge in [-0.05, 0) is 44.3 Å². The van der Waals surface area contributed by atoms with Gasteiger partial charge < -0.3 is 15.5 Å². The summed E-state index contributed by atoms with van der Waals surface area (Å²) in [6.07, 6.45) is 0.911. The highest BCUT2D eigenvalue weighted by Gasteiger charge is 2.07. The number of urea groups is 1. The molecule has 0 aliphatic rings. The van der Waals surface area contributed by atoms with Crippen LogP contribution in [0.3, 0.4) is 0 Å². The van der Waals surface area contributed by atoms with Crippen LogP contribution in [0.5, 0.6) is 0 Å². The zero-order valence-electron chi connectivity index (χ0n) is 10.7. The minimum absolute atomic E-state index is 0.143. The monoisotopic (exact) mass is 246 g/mol. The summed E-state index contributed by atoms with van der Waals surface area (Å²) in [5.74, 6) is 0. The molecule has 18 heavy (non-hydrogen) atoms. The van der Waals surface area contributed by atoms with E-state index in [0.29, 0.717) is 17.8 Å². The van der Waals surface area contributed by atoms with Crippen LogP contribution in [0.4, 0.5) is 10.5 Å². The molecule has 0 saturated heterocycles. The van der Waals surface area contributed by atoms with Gasteiger partial charge in [-0.25, -0.2) is 4.79 Å². The van der Waals surface area contributed by atoms with E-state index in [1.165, 1.54) is 0 Å². The largest absolute Gasteiger partial charge is 0.328 e. The van der Waals surface area contributed by atoms with Crippen LogP contribution in [-0.2, 0) is 0 Å². The summed E-state index contributed by atoms with van der Waals surface area (Å²) in [7, 11) is 3.64. The molecule has 1 aromatic rings. The quantitative estimate of drug-likeness (QED) is 0.776. The molecule has 1 rings (SSSR count). The molecular weight excluding hydrogens is 228 g/mol. The van der Waals surface area contributed by atoms with E-state index >= 15 is 0 Å². The van der Waals surface area contributed by atoms with Gasteiger partial charge in [0.15, 0.2) is 0 Å². The fourth-order valence-electron chi connectivity index (χ4n) is 1.44. The van der Waals surface area contributed by atoms with E-state index in [1.54, 1.807) is 36.2 Å². The summed E-state index contributed by atoms with van der Waals surface area (Å²) in [6, 6.07) is 8.69. The van der Waals surface area contributed by atoms with E-state index in [4.69, 9.17) is 5.26 Å². The van der Waals surface area contributed by atoms with E-state index < -0.39 is 0 Å². The number of hydrogen-bond acceptors (Lipinski definition) is 3. The van der Waals surface area contributed by atoms with Crippen LogP contribution in [0.25, 0.3) is 0 Å². The maximum absolute atomic E-state index is 11.8. The zero-order chi connectivity index (χ0) is 13.4. The molecule has 1 aromatic carbocycles. The lowest BCUT2D eigenvalue weighted by molar-refractivity contribution is 0.222. The molecule has 0 aromatic heterocycles. The van der Waals surface area contributed by atoms with E-state index in [0.717, 1.165) is 13.0 Å². The topological polar surface area (TPSA) is 68.2 Å². The van der Waals surface area contributed by atoms with Gasteiger partial charge in [0, 0.05) is 19.3 Å². The molecule has 2 amide bonds. The maximum atomic E-state index is 11.8. The summed E-state index contributed by atoms with van der Waals surface area (Å²) in [5, 5.41) is 14.5. The van der Waals surface area contributed by atoms with Gasteiger partial charge >= 0.3 is 6.03 Å². The Kier molecular flexibility index (Phi) is 5.68. The third kappa shape index (κ3) is 4.44. The average Bonchev–Trinajstić information content (AvgIpc) is 2.39. The smallest absolute Gasteiger partial charge is 0.321 e. The Morgan fingerprint density at radius 1 is 1.39 bits per heavy atom. The molecule has 0 radical (unpaired) electrons. The molecule has 2 N–H and O–H groups in total. The van der Waals surface area contributed by atoms with Crippen molar-refractivity contribution in [3.8, 4) is 6.07 Å². The predicted molar refractivity (Wildman–Crippen MR) is 71.3 cm³/mol.